The molecule has 6 heteroatoms. The molecule has 0 unspecified atom stereocenters. The first-order valence-electron chi connectivity index (χ1n) is 9.18. The Bertz CT molecular complexity index is 1160. The van der Waals surface area contributed by atoms with E-state index < -0.39 is 5.91 Å². The van der Waals surface area contributed by atoms with Crippen LogP contribution in [0.5, 0.6) is 0 Å². The van der Waals surface area contributed by atoms with Crippen LogP contribution in [0.1, 0.15) is 21.7 Å². The number of carbonyl (C=O) groups is 1. The molecule has 29 heavy (non-hydrogen) atoms. The van der Waals surface area contributed by atoms with Gasteiger partial charge in [-0.25, -0.2) is 14.1 Å². The smallest absolute Gasteiger partial charge is 0.295 e. The summed E-state index contributed by atoms with van der Waals surface area (Å²) in [6.07, 6.45) is 0. The standard InChI is InChI=1S/C23H19FN4O/c1-15-6-12-19(13-7-15)25-23(29)21-26-22(17-8-10-18(24)11-9-17)28(27-21)20-5-3-4-16(2)14-20/h3-14H,1-2H3,(H,25,29). The summed E-state index contributed by atoms with van der Waals surface area (Å²) in [6.45, 7) is 3.95. The second kappa shape index (κ2) is 7.67. The van der Waals surface area contributed by atoms with Gasteiger partial charge in [0.2, 0.25) is 5.82 Å². The molecule has 0 bridgehead atoms. The quantitative estimate of drug-likeness (QED) is 0.540. The molecule has 1 aromatic heterocycles. The molecule has 0 saturated carbocycles. The van der Waals surface area contributed by atoms with Gasteiger partial charge in [-0.3, -0.25) is 4.79 Å². The third-order valence-electron chi connectivity index (χ3n) is 4.47. The molecule has 0 radical (unpaired) electrons. The Morgan fingerprint density at radius 3 is 2.34 bits per heavy atom. The number of nitrogens with one attached hydrogen (secondary N) is 1. The monoisotopic (exact) mass is 386 g/mol. The van der Waals surface area contributed by atoms with Crippen LogP contribution < -0.4 is 5.32 Å². The summed E-state index contributed by atoms with van der Waals surface area (Å²) in [6, 6.07) is 21.2. The Kier molecular flexibility index (Phi) is 4.91. The molecule has 4 aromatic rings. The second-order valence-electron chi connectivity index (χ2n) is 6.84. The molecule has 144 valence electrons. The van der Waals surface area contributed by atoms with Crippen molar-refractivity contribution in [2.45, 2.75) is 13.8 Å². The van der Waals surface area contributed by atoms with Crippen molar-refractivity contribution < 1.29 is 9.18 Å². The fourth-order valence-electron chi connectivity index (χ4n) is 2.96. The molecule has 1 amide bonds. The van der Waals surface area contributed by atoms with E-state index in [1.807, 2.05) is 62.4 Å². The van der Waals surface area contributed by atoms with Crippen molar-refractivity contribution in [3.05, 3.63) is 95.6 Å². The lowest BCUT2D eigenvalue weighted by Gasteiger charge is -2.06. The minimum Gasteiger partial charge on any atom is -0.319 e. The van der Waals surface area contributed by atoms with E-state index in [9.17, 15) is 9.18 Å². The summed E-state index contributed by atoms with van der Waals surface area (Å²) >= 11 is 0. The molecule has 0 aliphatic heterocycles. The average Bonchev–Trinajstić information content (AvgIpc) is 3.16. The van der Waals surface area contributed by atoms with Crippen molar-refractivity contribution >= 4 is 11.6 Å². The lowest BCUT2D eigenvalue weighted by molar-refractivity contribution is 0.101. The van der Waals surface area contributed by atoms with Crippen molar-refractivity contribution in [3.8, 4) is 17.1 Å². The average molecular weight is 386 g/mol. The van der Waals surface area contributed by atoms with E-state index in [0.29, 0.717) is 17.1 Å². The van der Waals surface area contributed by atoms with Crippen LogP contribution >= 0.6 is 0 Å². The first kappa shape index (κ1) is 18.6. The highest BCUT2D eigenvalue weighted by Gasteiger charge is 2.19. The van der Waals surface area contributed by atoms with Crippen LogP contribution in [-0.2, 0) is 0 Å². The lowest BCUT2D eigenvalue weighted by atomic mass is 10.2. The van der Waals surface area contributed by atoms with Crippen LogP contribution in [0.4, 0.5) is 10.1 Å². The number of amides is 1. The van der Waals surface area contributed by atoms with Gasteiger partial charge in [-0.15, -0.1) is 5.10 Å². The van der Waals surface area contributed by atoms with Gasteiger partial charge in [-0.1, -0.05) is 29.8 Å². The van der Waals surface area contributed by atoms with Crippen LogP contribution in [0.3, 0.4) is 0 Å². The number of rotatable bonds is 4. The summed E-state index contributed by atoms with van der Waals surface area (Å²) in [5.41, 5.74) is 4.24. The SMILES string of the molecule is Cc1ccc(NC(=O)c2nc(-c3ccc(F)cc3)n(-c3cccc(C)c3)n2)cc1. The molecule has 0 fully saturated rings. The first-order valence-corrected chi connectivity index (χ1v) is 9.18. The predicted molar refractivity (Wildman–Crippen MR) is 111 cm³/mol. The van der Waals surface area contributed by atoms with E-state index in [1.54, 1.807) is 16.8 Å². The highest BCUT2D eigenvalue weighted by molar-refractivity contribution is 6.01. The molecule has 0 aliphatic rings. The number of anilines is 1. The minimum absolute atomic E-state index is 0.0337. The molecule has 1 heterocycles. The fraction of sp³-hybridized carbons (Fsp3) is 0.0870. The summed E-state index contributed by atoms with van der Waals surface area (Å²) in [5.74, 6) is -0.257. The number of hydrogen-bond acceptors (Lipinski definition) is 3. The van der Waals surface area contributed by atoms with Crippen molar-refractivity contribution in [1.82, 2.24) is 14.8 Å². The third-order valence-corrected chi connectivity index (χ3v) is 4.47. The maximum atomic E-state index is 13.4. The van der Waals surface area contributed by atoms with Gasteiger partial charge in [-0.05, 0) is 67.9 Å². The van der Waals surface area contributed by atoms with Crippen molar-refractivity contribution in [2.24, 2.45) is 0 Å². The zero-order valence-electron chi connectivity index (χ0n) is 16.1. The first-order chi connectivity index (χ1) is 14.0. The topological polar surface area (TPSA) is 59.8 Å². The molecule has 1 N–H and O–H groups in total. The van der Waals surface area contributed by atoms with E-state index in [0.717, 1.165) is 16.8 Å². The van der Waals surface area contributed by atoms with Crippen LogP contribution in [0.15, 0.2) is 72.8 Å². The third kappa shape index (κ3) is 4.06. The normalized spacial score (nSPS) is 10.7. The molecule has 0 aliphatic carbocycles. The Hall–Kier alpha value is -3.80. The maximum absolute atomic E-state index is 13.4. The number of nitrogens with zero attached hydrogens (tertiary/aromatic N) is 3. The van der Waals surface area contributed by atoms with Crippen molar-refractivity contribution in [1.29, 1.82) is 0 Å². The summed E-state index contributed by atoms with van der Waals surface area (Å²) < 4.78 is 15.0. The fourth-order valence-corrected chi connectivity index (χ4v) is 2.96. The largest absolute Gasteiger partial charge is 0.319 e. The lowest BCUT2D eigenvalue weighted by Crippen LogP contribution is -2.14. The van der Waals surface area contributed by atoms with Gasteiger partial charge in [0.15, 0.2) is 5.82 Å². The Morgan fingerprint density at radius 2 is 1.66 bits per heavy atom. The second-order valence-corrected chi connectivity index (χ2v) is 6.84. The molecule has 3 aromatic carbocycles. The predicted octanol–water partition coefficient (Wildman–Crippen LogP) is 4.94. The Balaban J connectivity index is 1.75. The van der Waals surface area contributed by atoms with E-state index >= 15 is 0 Å². The van der Waals surface area contributed by atoms with Gasteiger partial charge in [-0.2, -0.15) is 0 Å². The zero-order chi connectivity index (χ0) is 20.4. The number of benzene rings is 3. The Labute approximate surface area is 167 Å². The highest BCUT2D eigenvalue weighted by Crippen LogP contribution is 2.22. The van der Waals surface area contributed by atoms with Crippen LogP contribution in [0.2, 0.25) is 0 Å². The van der Waals surface area contributed by atoms with Gasteiger partial charge in [0.05, 0.1) is 5.69 Å². The van der Waals surface area contributed by atoms with Crippen LogP contribution in [0.25, 0.3) is 17.1 Å². The van der Waals surface area contributed by atoms with Gasteiger partial charge >= 0.3 is 0 Å². The molecule has 4 rings (SSSR count). The van der Waals surface area contributed by atoms with Crippen molar-refractivity contribution in [2.75, 3.05) is 5.32 Å². The summed E-state index contributed by atoms with van der Waals surface area (Å²) in [5, 5.41) is 7.25. The van der Waals surface area contributed by atoms with E-state index in [-0.39, 0.29) is 11.6 Å². The number of halogens is 1. The van der Waals surface area contributed by atoms with Gasteiger partial charge < -0.3 is 5.32 Å². The molecule has 5 nitrogen and oxygen atoms in total. The minimum atomic E-state index is -0.413. The Morgan fingerprint density at radius 1 is 0.931 bits per heavy atom. The van der Waals surface area contributed by atoms with Gasteiger partial charge in [0.1, 0.15) is 5.82 Å². The number of carbonyl (C=O) groups excluding carboxylic acids is 1. The van der Waals surface area contributed by atoms with Gasteiger partial charge in [0.25, 0.3) is 5.91 Å². The number of hydrogen-bond donors (Lipinski definition) is 1. The highest BCUT2D eigenvalue weighted by atomic mass is 19.1. The van der Waals surface area contributed by atoms with E-state index in [4.69, 9.17) is 0 Å². The van der Waals surface area contributed by atoms with E-state index in [1.165, 1.54) is 12.1 Å². The summed E-state index contributed by atoms with van der Waals surface area (Å²) in [7, 11) is 0. The molecule has 0 atom stereocenters. The number of aryl methyl sites for hydroxylation is 2. The molecule has 0 saturated heterocycles. The molecular formula is C23H19FN4O. The number of aromatic nitrogens is 3. The van der Waals surface area contributed by atoms with Crippen LogP contribution in [-0.4, -0.2) is 20.7 Å². The maximum Gasteiger partial charge on any atom is 0.295 e. The molecule has 0 spiro atoms. The molecular weight excluding hydrogens is 367 g/mol. The van der Waals surface area contributed by atoms with Crippen LogP contribution in [0, 0.1) is 19.7 Å². The van der Waals surface area contributed by atoms with E-state index in [2.05, 4.69) is 15.4 Å². The zero-order valence-corrected chi connectivity index (χ0v) is 16.1. The summed E-state index contributed by atoms with van der Waals surface area (Å²) in [4.78, 5) is 17.2. The van der Waals surface area contributed by atoms with Gasteiger partial charge in [0, 0.05) is 11.3 Å². The van der Waals surface area contributed by atoms with Crippen molar-refractivity contribution in [3.63, 3.8) is 0 Å².